The Balaban J connectivity index is 2.15. The molecule has 2 aromatic rings. The van der Waals surface area contributed by atoms with Crippen LogP contribution in [0.1, 0.15) is 41.7 Å². The molecule has 1 amide bonds. The number of carbonyl (C=O) groups excluding carboxylic acids is 1. The van der Waals surface area contributed by atoms with E-state index in [4.69, 9.17) is 0 Å². The van der Waals surface area contributed by atoms with Crippen LogP contribution in [0.5, 0.6) is 0 Å². The van der Waals surface area contributed by atoms with Gasteiger partial charge < -0.3 is 10.6 Å². The molecular formula is C14H18N4OS. The van der Waals surface area contributed by atoms with Crippen molar-refractivity contribution in [3.8, 4) is 0 Å². The SMILES string of the molecule is CCNc1ncccc1C(=O)NC(CC)c1nccs1. The van der Waals surface area contributed by atoms with Gasteiger partial charge in [-0.3, -0.25) is 4.79 Å². The van der Waals surface area contributed by atoms with Gasteiger partial charge in [-0.1, -0.05) is 6.92 Å². The molecule has 5 nitrogen and oxygen atoms in total. The largest absolute Gasteiger partial charge is 0.370 e. The lowest BCUT2D eigenvalue weighted by Gasteiger charge is -2.16. The average molecular weight is 290 g/mol. The van der Waals surface area contributed by atoms with E-state index < -0.39 is 0 Å². The average Bonchev–Trinajstić information content (AvgIpc) is 2.99. The molecule has 0 aliphatic carbocycles. The summed E-state index contributed by atoms with van der Waals surface area (Å²) in [6.07, 6.45) is 4.23. The number of pyridine rings is 1. The third-order valence-corrected chi connectivity index (χ3v) is 3.75. The second-order valence-electron chi connectivity index (χ2n) is 4.23. The van der Waals surface area contributed by atoms with E-state index in [0.29, 0.717) is 11.4 Å². The molecule has 2 aromatic heterocycles. The molecule has 0 fully saturated rings. The van der Waals surface area contributed by atoms with E-state index in [9.17, 15) is 4.79 Å². The Morgan fingerprint density at radius 2 is 2.20 bits per heavy atom. The third-order valence-electron chi connectivity index (χ3n) is 2.86. The summed E-state index contributed by atoms with van der Waals surface area (Å²) in [6.45, 7) is 4.72. The molecule has 0 aliphatic heterocycles. The van der Waals surface area contributed by atoms with Gasteiger partial charge in [0.05, 0.1) is 11.6 Å². The summed E-state index contributed by atoms with van der Waals surface area (Å²) in [5, 5.41) is 8.95. The van der Waals surface area contributed by atoms with Crippen LogP contribution in [-0.2, 0) is 0 Å². The number of carbonyl (C=O) groups is 1. The standard InChI is InChI=1S/C14H18N4OS/c1-3-11(14-17-8-9-20-14)18-13(19)10-6-5-7-16-12(10)15-4-2/h5-9,11H,3-4H2,1-2H3,(H,15,16)(H,18,19). The molecule has 6 heteroatoms. The van der Waals surface area contributed by atoms with Crippen molar-refractivity contribution in [2.45, 2.75) is 26.3 Å². The first-order valence-electron chi connectivity index (χ1n) is 6.65. The molecule has 0 radical (unpaired) electrons. The van der Waals surface area contributed by atoms with Crippen molar-refractivity contribution >= 4 is 23.1 Å². The van der Waals surface area contributed by atoms with E-state index in [2.05, 4.69) is 20.6 Å². The van der Waals surface area contributed by atoms with E-state index in [1.54, 1.807) is 35.9 Å². The molecule has 0 saturated heterocycles. The van der Waals surface area contributed by atoms with Gasteiger partial charge in [0.25, 0.3) is 5.91 Å². The summed E-state index contributed by atoms with van der Waals surface area (Å²) in [5.41, 5.74) is 0.560. The minimum absolute atomic E-state index is 0.0582. The third kappa shape index (κ3) is 3.33. The minimum Gasteiger partial charge on any atom is -0.370 e. The molecule has 106 valence electrons. The highest BCUT2D eigenvalue weighted by atomic mass is 32.1. The van der Waals surface area contributed by atoms with E-state index in [-0.39, 0.29) is 11.9 Å². The molecule has 2 heterocycles. The zero-order chi connectivity index (χ0) is 14.4. The van der Waals surface area contributed by atoms with Gasteiger partial charge in [-0.05, 0) is 25.5 Å². The highest BCUT2D eigenvalue weighted by Gasteiger charge is 2.18. The fraction of sp³-hybridized carbons (Fsp3) is 0.357. The second kappa shape index (κ2) is 7.00. The van der Waals surface area contributed by atoms with Crippen molar-refractivity contribution in [2.24, 2.45) is 0 Å². The van der Waals surface area contributed by atoms with Gasteiger partial charge in [-0.2, -0.15) is 0 Å². The van der Waals surface area contributed by atoms with Crippen molar-refractivity contribution in [3.63, 3.8) is 0 Å². The van der Waals surface area contributed by atoms with Gasteiger partial charge in [-0.15, -0.1) is 11.3 Å². The van der Waals surface area contributed by atoms with Gasteiger partial charge >= 0.3 is 0 Å². The van der Waals surface area contributed by atoms with Crippen molar-refractivity contribution in [3.05, 3.63) is 40.5 Å². The molecule has 0 saturated carbocycles. The van der Waals surface area contributed by atoms with Gasteiger partial charge in [0.15, 0.2) is 0 Å². The van der Waals surface area contributed by atoms with Crippen molar-refractivity contribution in [2.75, 3.05) is 11.9 Å². The highest BCUT2D eigenvalue weighted by Crippen LogP contribution is 2.20. The summed E-state index contributed by atoms with van der Waals surface area (Å²) in [5.74, 6) is 0.484. The van der Waals surface area contributed by atoms with Gasteiger partial charge in [-0.25, -0.2) is 9.97 Å². The molecular weight excluding hydrogens is 272 g/mol. The quantitative estimate of drug-likeness (QED) is 0.858. The van der Waals surface area contributed by atoms with E-state index >= 15 is 0 Å². The number of hydrogen-bond donors (Lipinski definition) is 2. The first-order chi connectivity index (χ1) is 9.76. The number of nitrogens with zero attached hydrogens (tertiary/aromatic N) is 2. The lowest BCUT2D eigenvalue weighted by Crippen LogP contribution is -2.29. The molecule has 2 rings (SSSR count). The van der Waals surface area contributed by atoms with Crippen molar-refractivity contribution < 1.29 is 4.79 Å². The van der Waals surface area contributed by atoms with Crippen LogP contribution in [0.2, 0.25) is 0 Å². The molecule has 0 aromatic carbocycles. The summed E-state index contributed by atoms with van der Waals surface area (Å²) >= 11 is 1.55. The summed E-state index contributed by atoms with van der Waals surface area (Å²) < 4.78 is 0. The Labute approximate surface area is 122 Å². The van der Waals surface area contributed by atoms with Crippen LogP contribution in [0.4, 0.5) is 5.82 Å². The monoisotopic (exact) mass is 290 g/mol. The number of hydrogen-bond acceptors (Lipinski definition) is 5. The Bertz CT molecular complexity index is 556. The van der Waals surface area contributed by atoms with E-state index in [0.717, 1.165) is 18.0 Å². The van der Waals surface area contributed by atoms with Crippen molar-refractivity contribution in [1.82, 2.24) is 15.3 Å². The Morgan fingerprint density at radius 3 is 2.85 bits per heavy atom. The molecule has 0 spiro atoms. The number of thiazole rings is 1. The van der Waals surface area contributed by atoms with Crippen LogP contribution in [0.25, 0.3) is 0 Å². The lowest BCUT2D eigenvalue weighted by atomic mass is 10.2. The zero-order valence-electron chi connectivity index (χ0n) is 11.6. The van der Waals surface area contributed by atoms with Crippen molar-refractivity contribution in [1.29, 1.82) is 0 Å². The van der Waals surface area contributed by atoms with E-state index in [1.807, 2.05) is 19.2 Å². The van der Waals surface area contributed by atoms with Crippen LogP contribution in [0, 0.1) is 0 Å². The maximum atomic E-state index is 12.4. The van der Waals surface area contributed by atoms with E-state index in [1.165, 1.54) is 0 Å². The molecule has 0 aliphatic rings. The maximum Gasteiger partial charge on any atom is 0.255 e. The predicted molar refractivity (Wildman–Crippen MR) is 81.0 cm³/mol. The normalized spacial score (nSPS) is 11.9. The number of aromatic nitrogens is 2. The first-order valence-corrected chi connectivity index (χ1v) is 7.53. The summed E-state index contributed by atoms with van der Waals surface area (Å²) in [6, 6.07) is 3.48. The summed E-state index contributed by atoms with van der Waals surface area (Å²) in [4.78, 5) is 20.9. The zero-order valence-corrected chi connectivity index (χ0v) is 12.4. The number of rotatable bonds is 6. The molecule has 20 heavy (non-hydrogen) atoms. The Hall–Kier alpha value is -1.95. The fourth-order valence-electron chi connectivity index (χ4n) is 1.88. The number of anilines is 1. The second-order valence-corrected chi connectivity index (χ2v) is 5.16. The summed E-state index contributed by atoms with van der Waals surface area (Å²) in [7, 11) is 0. The fourth-order valence-corrected chi connectivity index (χ4v) is 2.65. The minimum atomic E-state index is -0.129. The number of nitrogens with one attached hydrogen (secondary N) is 2. The number of amides is 1. The maximum absolute atomic E-state index is 12.4. The Morgan fingerprint density at radius 1 is 1.35 bits per heavy atom. The van der Waals surface area contributed by atoms with Crippen LogP contribution < -0.4 is 10.6 Å². The molecule has 1 unspecified atom stereocenters. The van der Waals surface area contributed by atoms with Crippen LogP contribution in [0.3, 0.4) is 0 Å². The highest BCUT2D eigenvalue weighted by molar-refractivity contribution is 7.09. The van der Waals surface area contributed by atoms with Crippen LogP contribution in [-0.4, -0.2) is 22.4 Å². The van der Waals surface area contributed by atoms with Crippen LogP contribution in [0.15, 0.2) is 29.9 Å². The topological polar surface area (TPSA) is 66.9 Å². The molecule has 2 N–H and O–H groups in total. The molecule has 1 atom stereocenters. The first kappa shape index (κ1) is 14.5. The Kier molecular flexibility index (Phi) is 5.06. The van der Waals surface area contributed by atoms with Crippen LogP contribution >= 0.6 is 11.3 Å². The lowest BCUT2D eigenvalue weighted by molar-refractivity contribution is 0.0936. The van der Waals surface area contributed by atoms with Gasteiger partial charge in [0, 0.05) is 24.3 Å². The van der Waals surface area contributed by atoms with Gasteiger partial charge in [0.2, 0.25) is 0 Å². The smallest absolute Gasteiger partial charge is 0.255 e. The van der Waals surface area contributed by atoms with Gasteiger partial charge in [0.1, 0.15) is 10.8 Å². The molecule has 0 bridgehead atoms. The predicted octanol–water partition coefficient (Wildman–Crippen LogP) is 2.85.